The van der Waals surface area contributed by atoms with Crippen LogP contribution < -0.4 is 5.32 Å². The number of nitrogens with one attached hydrogen (secondary N) is 1. The van der Waals surface area contributed by atoms with E-state index < -0.39 is 0 Å². The average molecular weight is 147 g/mol. The molecule has 1 aliphatic rings. The lowest BCUT2D eigenvalue weighted by Crippen LogP contribution is -2.12. The van der Waals surface area contributed by atoms with Gasteiger partial charge in [-0.2, -0.15) is 0 Å². The number of carbonyl (C=O) groups excluding carboxylic acids is 1. The van der Waals surface area contributed by atoms with Gasteiger partial charge in [-0.15, -0.1) is 0 Å². The van der Waals surface area contributed by atoms with E-state index in [1.807, 2.05) is 27.7 Å². The second kappa shape index (κ2) is 11.3. The molecule has 2 nitrogen and oxygen atoms in total. The third-order valence-corrected chi connectivity index (χ3v) is 0.903. The number of hydrogen-bond donors (Lipinski definition) is 1. The first kappa shape index (κ1) is 12.2. The molecule has 1 rings (SSSR count). The third-order valence-electron chi connectivity index (χ3n) is 0.903. The highest BCUT2D eigenvalue weighted by molar-refractivity contribution is 5.77. The van der Waals surface area contributed by atoms with Gasteiger partial charge in [0.15, 0.2) is 0 Å². The molecule has 0 spiro atoms. The van der Waals surface area contributed by atoms with Gasteiger partial charge in [-0.1, -0.05) is 27.7 Å². The van der Waals surface area contributed by atoms with E-state index in [2.05, 4.69) is 5.32 Å². The van der Waals surface area contributed by atoms with E-state index in [0.717, 1.165) is 19.4 Å². The highest BCUT2D eigenvalue weighted by atomic mass is 16.1. The molecule has 1 fully saturated rings. The molecule has 1 amide bonds. The molecule has 10 heavy (non-hydrogen) atoms. The van der Waals surface area contributed by atoms with Gasteiger partial charge in [-0.25, -0.2) is 0 Å². The Labute approximate surface area is 65.5 Å². The molecule has 64 valence electrons. The van der Waals surface area contributed by atoms with Crippen LogP contribution in [0.25, 0.3) is 0 Å². The molecule has 1 saturated heterocycles. The quantitative estimate of drug-likeness (QED) is 0.559. The van der Waals surface area contributed by atoms with Crippen LogP contribution in [0.5, 0.6) is 0 Å². The lowest BCUT2D eigenvalue weighted by atomic mass is 10.4. The second-order valence-electron chi connectivity index (χ2n) is 1.45. The van der Waals surface area contributed by atoms with Crippen LogP contribution in [-0.4, -0.2) is 12.5 Å². The summed E-state index contributed by atoms with van der Waals surface area (Å²) >= 11 is 0. The summed E-state index contributed by atoms with van der Waals surface area (Å²) in [7, 11) is 0. The number of amides is 1. The maximum absolute atomic E-state index is 10.1. The lowest BCUT2D eigenvalue weighted by molar-refractivity contribution is -0.119. The summed E-state index contributed by atoms with van der Waals surface area (Å²) in [6.45, 7) is 8.89. The van der Waals surface area contributed by atoms with Crippen LogP contribution in [0.4, 0.5) is 0 Å². The Kier molecular flexibility index (Phi) is 13.7. The number of rotatable bonds is 0. The fourth-order valence-electron chi connectivity index (χ4n) is 0.565. The van der Waals surface area contributed by atoms with Crippen molar-refractivity contribution in [2.75, 3.05) is 6.54 Å². The molecule has 0 aliphatic carbocycles. The summed E-state index contributed by atoms with van der Waals surface area (Å²) in [6, 6.07) is 0. The van der Waals surface area contributed by atoms with E-state index in [0.29, 0.717) is 0 Å². The van der Waals surface area contributed by atoms with Crippen molar-refractivity contribution in [3.63, 3.8) is 0 Å². The highest BCUT2D eigenvalue weighted by Gasteiger charge is 2.05. The van der Waals surface area contributed by atoms with Gasteiger partial charge in [0.05, 0.1) is 0 Å². The van der Waals surface area contributed by atoms with Gasteiger partial charge < -0.3 is 5.32 Å². The van der Waals surface area contributed by atoms with Crippen molar-refractivity contribution in [2.45, 2.75) is 40.5 Å². The average Bonchev–Trinajstić information content (AvgIpc) is 2.48. The Hall–Kier alpha value is -0.530. The Morgan fingerprint density at radius 3 is 1.90 bits per heavy atom. The van der Waals surface area contributed by atoms with Gasteiger partial charge in [-0.3, -0.25) is 4.79 Å². The molecule has 1 aliphatic heterocycles. The first-order valence-corrected chi connectivity index (χ1v) is 4.16. The Morgan fingerprint density at radius 2 is 1.80 bits per heavy atom. The maximum atomic E-state index is 10.1. The summed E-state index contributed by atoms with van der Waals surface area (Å²) in [5.41, 5.74) is 0. The van der Waals surface area contributed by atoms with Gasteiger partial charge >= 0.3 is 0 Å². The van der Waals surface area contributed by atoms with Crippen molar-refractivity contribution in [3.8, 4) is 0 Å². The molecule has 0 aromatic carbocycles. The zero-order valence-electron chi connectivity index (χ0n) is 7.53. The van der Waals surface area contributed by atoms with Gasteiger partial charge in [0.1, 0.15) is 0 Å². The highest BCUT2D eigenvalue weighted by Crippen LogP contribution is 1.93. The minimum atomic E-state index is 0. The normalized spacial score (nSPS) is 13.8. The largest absolute Gasteiger partial charge is 0.356 e. The maximum Gasteiger partial charge on any atom is 0.220 e. The fraction of sp³-hybridized carbons (Fsp3) is 0.875. The predicted molar refractivity (Wildman–Crippen MR) is 47.1 cm³/mol. The molecule has 0 saturated carbocycles. The zero-order valence-corrected chi connectivity index (χ0v) is 7.53. The van der Waals surface area contributed by atoms with E-state index >= 15 is 0 Å². The van der Waals surface area contributed by atoms with Crippen molar-refractivity contribution >= 4 is 5.91 Å². The predicted octanol–water partition coefficient (Wildman–Crippen LogP) is 2.19. The van der Waals surface area contributed by atoms with Crippen LogP contribution in [0.3, 0.4) is 0 Å². The topological polar surface area (TPSA) is 29.1 Å². The van der Waals surface area contributed by atoms with Crippen molar-refractivity contribution in [2.24, 2.45) is 0 Å². The van der Waals surface area contributed by atoms with Gasteiger partial charge in [-0.05, 0) is 6.42 Å². The standard InChI is InChI=1S/C4H7NO.2C2H6.H2/c6-4-2-1-3-5-4;2*1-2;/h1-3H2,(H,5,6);2*1-2H3;1H. The molecule has 0 aromatic heterocycles. The Bertz CT molecular complexity index is 68.5. The van der Waals surface area contributed by atoms with Gasteiger partial charge in [0.25, 0.3) is 0 Å². The van der Waals surface area contributed by atoms with Crippen molar-refractivity contribution < 1.29 is 6.22 Å². The molecule has 0 bridgehead atoms. The first-order valence-electron chi connectivity index (χ1n) is 4.16. The summed E-state index contributed by atoms with van der Waals surface area (Å²) < 4.78 is 0. The fourth-order valence-corrected chi connectivity index (χ4v) is 0.565. The monoisotopic (exact) mass is 147 g/mol. The Morgan fingerprint density at radius 1 is 1.30 bits per heavy atom. The smallest absolute Gasteiger partial charge is 0.220 e. The molecule has 1 heterocycles. The van der Waals surface area contributed by atoms with Gasteiger partial charge in [0.2, 0.25) is 5.91 Å². The van der Waals surface area contributed by atoms with Crippen LogP contribution >= 0.6 is 0 Å². The second-order valence-corrected chi connectivity index (χ2v) is 1.45. The summed E-state index contributed by atoms with van der Waals surface area (Å²) in [6.07, 6.45) is 1.76. The Balaban J connectivity index is -0.000000114. The summed E-state index contributed by atoms with van der Waals surface area (Å²) in [4.78, 5) is 10.1. The summed E-state index contributed by atoms with van der Waals surface area (Å²) in [5, 5.41) is 2.68. The minimum absolute atomic E-state index is 0. The minimum Gasteiger partial charge on any atom is -0.356 e. The SMILES string of the molecule is CC.CC.O=C1CCCN1.[HH]. The van der Waals surface area contributed by atoms with Crippen LogP contribution in [0, 0.1) is 0 Å². The zero-order chi connectivity index (χ0) is 8.41. The first-order chi connectivity index (χ1) is 4.89. The van der Waals surface area contributed by atoms with Crippen molar-refractivity contribution in [3.05, 3.63) is 0 Å². The molecule has 2 heteroatoms. The van der Waals surface area contributed by atoms with Crippen molar-refractivity contribution in [1.29, 1.82) is 0 Å². The van der Waals surface area contributed by atoms with E-state index in [4.69, 9.17) is 0 Å². The number of carbonyl (C=O) groups is 1. The van der Waals surface area contributed by atoms with Gasteiger partial charge in [0, 0.05) is 14.4 Å². The molecule has 0 radical (unpaired) electrons. The van der Waals surface area contributed by atoms with Crippen LogP contribution in [0.2, 0.25) is 0 Å². The number of hydrogen-bond acceptors (Lipinski definition) is 1. The molecular weight excluding hydrogens is 126 g/mol. The molecular formula is C8H21NO. The van der Waals surface area contributed by atoms with Crippen molar-refractivity contribution in [1.82, 2.24) is 5.32 Å². The van der Waals surface area contributed by atoms with E-state index in [1.165, 1.54) is 0 Å². The third kappa shape index (κ3) is 7.47. The molecule has 0 unspecified atom stereocenters. The lowest BCUT2D eigenvalue weighted by Gasteiger charge is -1.80. The van der Waals surface area contributed by atoms with Crippen LogP contribution in [-0.2, 0) is 4.79 Å². The van der Waals surface area contributed by atoms with Crippen LogP contribution in [0.15, 0.2) is 0 Å². The molecule has 1 N–H and O–H groups in total. The van der Waals surface area contributed by atoms with Crippen LogP contribution in [0.1, 0.15) is 42.0 Å². The van der Waals surface area contributed by atoms with E-state index in [9.17, 15) is 4.79 Å². The van der Waals surface area contributed by atoms with E-state index in [-0.39, 0.29) is 7.33 Å². The molecule has 0 atom stereocenters. The molecule has 0 aromatic rings. The van der Waals surface area contributed by atoms with E-state index in [1.54, 1.807) is 0 Å². The summed E-state index contributed by atoms with van der Waals surface area (Å²) in [5.74, 6) is 0.204.